The molecule has 1 atom stereocenters. The molecule has 0 aliphatic carbocycles. The van der Waals surface area contributed by atoms with E-state index in [-0.39, 0.29) is 37.1 Å². The fourth-order valence-corrected chi connectivity index (χ4v) is 4.70. The molecule has 6 nitrogen and oxygen atoms in total. The van der Waals surface area contributed by atoms with Crippen LogP contribution in [0.4, 0.5) is 5.69 Å². The van der Waals surface area contributed by atoms with Crippen molar-refractivity contribution in [3.05, 3.63) is 131 Å². The predicted molar refractivity (Wildman–Crippen MR) is 172 cm³/mol. The molecule has 0 aliphatic rings. The zero-order valence-corrected chi connectivity index (χ0v) is 24.8. The topological polar surface area (TPSA) is 79.2 Å². The number of para-hydroxylation sites is 2. The number of nitrogens with zero attached hydrogens (tertiary/aromatic N) is 2. The molecule has 9 heteroatoms. The number of imidazole rings is 1. The Morgan fingerprint density at radius 3 is 2.24 bits per heavy atom. The molecule has 0 saturated heterocycles. The summed E-state index contributed by atoms with van der Waals surface area (Å²) in [6.45, 7) is 1.85. The van der Waals surface area contributed by atoms with Gasteiger partial charge in [0.2, 0.25) is 5.91 Å². The number of amides is 1. The lowest BCUT2D eigenvalue weighted by atomic mass is 10.1. The Bertz CT molecular complexity index is 1520. The summed E-state index contributed by atoms with van der Waals surface area (Å²) in [7, 11) is 0. The second-order valence-corrected chi connectivity index (χ2v) is 9.97. The smallest absolute Gasteiger partial charge is 0.231 e. The van der Waals surface area contributed by atoms with E-state index in [1.165, 1.54) is 0 Å². The number of anilines is 1. The number of benzene rings is 4. The SMILES string of the molecule is Cl.Cl.O=C(Cc1nc2ccccc2n1Cc1ccc(Cl)cc1)Nc1ccc(CCNCC(O)c2ccccc2)cc1. The van der Waals surface area contributed by atoms with E-state index in [0.29, 0.717) is 23.9 Å². The van der Waals surface area contributed by atoms with Crippen LogP contribution in [0.15, 0.2) is 103 Å². The number of rotatable bonds is 11. The van der Waals surface area contributed by atoms with Crippen molar-refractivity contribution >= 4 is 59.0 Å². The molecule has 1 unspecified atom stereocenters. The number of hydrogen-bond donors (Lipinski definition) is 3. The fraction of sp³-hybridized carbons (Fsp3) is 0.188. The molecule has 1 amide bonds. The number of nitrogens with one attached hydrogen (secondary N) is 2. The summed E-state index contributed by atoms with van der Waals surface area (Å²) in [5.74, 6) is 0.594. The van der Waals surface area contributed by atoms with Gasteiger partial charge >= 0.3 is 0 Å². The molecule has 41 heavy (non-hydrogen) atoms. The first-order valence-electron chi connectivity index (χ1n) is 13.1. The Labute approximate surface area is 257 Å². The van der Waals surface area contributed by atoms with Crippen LogP contribution < -0.4 is 10.6 Å². The van der Waals surface area contributed by atoms with Crippen LogP contribution in [0, 0.1) is 0 Å². The molecule has 3 N–H and O–H groups in total. The van der Waals surface area contributed by atoms with Gasteiger partial charge in [0.15, 0.2) is 0 Å². The van der Waals surface area contributed by atoms with Crippen molar-refractivity contribution in [2.24, 2.45) is 0 Å². The van der Waals surface area contributed by atoms with Crippen LogP contribution in [0.2, 0.25) is 5.02 Å². The molecule has 0 fully saturated rings. The predicted octanol–water partition coefficient (Wildman–Crippen LogP) is 6.63. The van der Waals surface area contributed by atoms with Crippen molar-refractivity contribution in [3.8, 4) is 0 Å². The first-order valence-corrected chi connectivity index (χ1v) is 13.4. The van der Waals surface area contributed by atoms with Gasteiger partial charge in [-0.3, -0.25) is 4.79 Å². The van der Waals surface area contributed by atoms with Gasteiger partial charge in [-0.15, -0.1) is 24.8 Å². The molecule has 0 aliphatic heterocycles. The van der Waals surface area contributed by atoms with E-state index in [4.69, 9.17) is 16.6 Å². The Hall–Kier alpha value is -3.39. The fourth-order valence-electron chi connectivity index (χ4n) is 4.58. The number of fused-ring (bicyclic) bond motifs is 1. The third-order valence-electron chi connectivity index (χ3n) is 6.66. The number of halogens is 3. The number of aliphatic hydroxyl groups excluding tert-OH is 1. The Morgan fingerprint density at radius 1 is 0.854 bits per heavy atom. The number of hydrogen-bond acceptors (Lipinski definition) is 4. The summed E-state index contributed by atoms with van der Waals surface area (Å²) in [5.41, 5.74) is 5.75. The first kappa shape index (κ1) is 32.1. The molecule has 0 radical (unpaired) electrons. The number of aliphatic hydroxyl groups is 1. The van der Waals surface area contributed by atoms with E-state index in [9.17, 15) is 9.90 Å². The third-order valence-corrected chi connectivity index (χ3v) is 6.91. The summed E-state index contributed by atoms with van der Waals surface area (Å²) < 4.78 is 2.09. The Kier molecular flexibility index (Phi) is 12.2. The van der Waals surface area contributed by atoms with Crippen molar-refractivity contribution in [1.29, 1.82) is 0 Å². The van der Waals surface area contributed by atoms with Crippen molar-refractivity contribution in [1.82, 2.24) is 14.9 Å². The van der Waals surface area contributed by atoms with Gasteiger partial charge in [0.05, 0.1) is 23.6 Å². The van der Waals surface area contributed by atoms with Crippen molar-refractivity contribution < 1.29 is 9.90 Å². The summed E-state index contributed by atoms with van der Waals surface area (Å²) in [4.78, 5) is 17.7. The lowest BCUT2D eigenvalue weighted by molar-refractivity contribution is -0.115. The quantitative estimate of drug-likeness (QED) is 0.147. The zero-order valence-electron chi connectivity index (χ0n) is 22.4. The summed E-state index contributed by atoms with van der Waals surface area (Å²) in [6, 6.07) is 33.2. The van der Waals surface area contributed by atoms with E-state index in [1.807, 2.05) is 103 Å². The van der Waals surface area contributed by atoms with Crippen molar-refractivity contribution in [2.45, 2.75) is 25.5 Å². The highest BCUT2D eigenvalue weighted by atomic mass is 35.5. The molecule has 0 spiro atoms. The molecule has 0 saturated carbocycles. The second-order valence-electron chi connectivity index (χ2n) is 9.53. The lowest BCUT2D eigenvalue weighted by Crippen LogP contribution is -2.23. The van der Waals surface area contributed by atoms with Crippen molar-refractivity contribution in [2.75, 3.05) is 18.4 Å². The molecule has 4 aromatic carbocycles. The average Bonchev–Trinajstić information content (AvgIpc) is 3.30. The van der Waals surface area contributed by atoms with E-state index in [0.717, 1.165) is 46.4 Å². The van der Waals surface area contributed by atoms with Gasteiger partial charge in [-0.1, -0.05) is 78.3 Å². The van der Waals surface area contributed by atoms with Gasteiger partial charge in [0, 0.05) is 23.8 Å². The van der Waals surface area contributed by atoms with Gasteiger partial charge in [-0.25, -0.2) is 4.98 Å². The Balaban J connectivity index is 0.00000231. The van der Waals surface area contributed by atoms with E-state index < -0.39 is 6.10 Å². The highest BCUT2D eigenvalue weighted by Gasteiger charge is 2.15. The third kappa shape index (κ3) is 8.80. The van der Waals surface area contributed by atoms with Crippen LogP contribution in [0.5, 0.6) is 0 Å². The van der Waals surface area contributed by atoms with Crippen LogP contribution in [0.1, 0.15) is 28.6 Å². The second kappa shape index (κ2) is 15.6. The summed E-state index contributed by atoms with van der Waals surface area (Å²) in [6.07, 6.45) is 0.463. The minimum Gasteiger partial charge on any atom is -0.387 e. The largest absolute Gasteiger partial charge is 0.387 e. The van der Waals surface area contributed by atoms with Gasteiger partial charge in [-0.05, 0) is 66.1 Å². The molecule has 5 aromatic rings. The maximum absolute atomic E-state index is 13.0. The van der Waals surface area contributed by atoms with Gasteiger partial charge in [0.1, 0.15) is 5.82 Å². The van der Waals surface area contributed by atoms with E-state index >= 15 is 0 Å². The monoisotopic (exact) mass is 610 g/mol. The van der Waals surface area contributed by atoms with E-state index in [2.05, 4.69) is 15.2 Å². The Morgan fingerprint density at radius 2 is 1.51 bits per heavy atom. The molecule has 214 valence electrons. The maximum Gasteiger partial charge on any atom is 0.231 e. The van der Waals surface area contributed by atoms with Gasteiger partial charge in [0.25, 0.3) is 0 Å². The minimum atomic E-state index is -0.525. The molecular formula is C32H33Cl3N4O2. The summed E-state index contributed by atoms with van der Waals surface area (Å²) in [5, 5.41) is 17.3. The van der Waals surface area contributed by atoms with Crippen LogP contribution in [-0.2, 0) is 24.2 Å². The van der Waals surface area contributed by atoms with Crippen LogP contribution in [0.3, 0.4) is 0 Å². The molecule has 1 heterocycles. The molecule has 0 bridgehead atoms. The molecule has 1 aromatic heterocycles. The first-order chi connectivity index (χ1) is 19.0. The number of carbonyl (C=O) groups excluding carboxylic acids is 1. The van der Waals surface area contributed by atoms with Crippen molar-refractivity contribution in [3.63, 3.8) is 0 Å². The lowest BCUT2D eigenvalue weighted by Gasteiger charge is -2.12. The maximum atomic E-state index is 13.0. The normalized spacial score (nSPS) is 11.4. The van der Waals surface area contributed by atoms with Gasteiger partial charge < -0.3 is 20.3 Å². The van der Waals surface area contributed by atoms with Crippen LogP contribution >= 0.6 is 36.4 Å². The highest BCUT2D eigenvalue weighted by Crippen LogP contribution is 2.20. The highest BCUT2D eigenvalue weighted by molar-refractivity contribution is 6.30. The minimum absolute atomic E-state index is 0. The zero-order chi connectivity index (χ0) is 27.0. The standard InChI is InChI=1S/C32H31ClN4O2.2ClH/c33-26-14-10-24(11-15-26)22-37-29-9-5-4-8-28(29)36-31(37)20-32(39)35-27-16-12-23(13-17-27)18-19-34-21-30(38)25-6-2-1-3-7-25;;/h1-17,30,34,38H,18-22H2,(H,35,39);2*1H. The van der Waals surface area contributed by atoms with E-state index in [1.54, 1.807) is 0 Å². The summed E-state index contributed by atoms with van der Waals surface area (Å²) >= 11 is 6.06. The number of aromatic nitrogens is 2. The van der Waals surface area contributed by atoms with Crippen LogP contribution in [0.25, 0.3) is 11.0 Å². The molecular weight excluding hydrogens is 579 g/mol. The average molecular weight is 612 g/mol. The van der Waals surface area contributed by atoms with Crippen LogP contribution in [-0.4, -0.2) is 33.7 Å². The molecule has 5 rings (SSSR count). The number of carbonyl (C=O) groups is 1. The van der Waals surface area contributed by atoms with Gasteiger partial charge in [-0.2, -0.15) is 0 Å².